The molecule has 0 atom stereocenters. The minimum absolute atomic E-state index is 0.194. The fourth-order valence-electron chi connectivity index (χ4n) is 2.27. The summed E-state index contributed by atoms with van der Waals surface area (Å²) in [7, 11) is 1.67. The normalized spacial score (nSPS) is 11.3. The molecule has 2 rings (SSSR count). The lowest BCUT2D eigenvalue weighted by molar-refractivity contribution is 0.146. The Bertz CT molecular complexity index is 600. The van der Waals surface area contributed by atoms with Crippen molar-refractivity contribution < 1.29 is 9.47 Å². The summed E-state index contributed by atoms with van der Waals surface area (Å²) in [5, 5.41) is 3.44. The summed E-state index contributed by atoms with van der Waals surface area (Å²) < 4.78 is 10.6. The van der Waals surface area contributed by atoms with Crippen molar-refractivity contribution in [3.8, 4) is 5.75 Å². The maximum absolute atomic E-state index is 5.63. The smallest absolute Gasteiger partial charge is 0.121 e. The summed E-state index contributed by atoms with van der Waals surface area (Å²) in [6, 6.07) is 16.8. The van der Waals surface area contributed by atoms with Gasteiger partial charge >= 0.3 is 0 Å². The highest BCUT2D eigenvalue weighted by Gasteiger charge is 2.12. The van der Waals surface area contributed by atoms with Gasteiger partial charge in [-0.3, -0.25) is 0 Å². The summed E-state index contributed by atoms with van der Waals surface area (Å²) >= 11 is 0. The summed E-state index contributed by atoms with van der Waals surface area (Å²) in [5.74, 6) is 0.857. The van der Waals surface area contributed by atoms with Crippen molar-refractivity contribution in [2.75, 3.05) is 25.6 Å². The molecule has 3 heteroatoms. The van der Waals surface area contributed by atoms with Crippen LogP contribution in [0.3, 0.4) is 0 Å². The van der Waals surface area contributed by atoms with E-state index >= 15 is 0 Å². The van der Waals surface area contributed by atoms with Crippen LogP contribution in [-0.4, -0.2) is 20.3 Å². The number of nitrogens with one attached hydrogen (secondary N) is 1. The fraction of sp³-hybridized carbons (Fsp3) is 0.400. The second-order valence-electron chi connectivity index (χ2n) is 6.67. The van der Waals surface area contributed by atoms with Gasteiger partial charge in [-0.05, 0) is 28.7 Å². The minimum Gasteiger partial charge on any atom is -0.491 e. The van der Waals surface area contributed by atoms with Crippen LogP contribution in [0.4, 0.5) is 5.69 Å². The average Bonchev–Trinajstić information content (AvgIpc) is 2.53. The minimum atomic E-state index is 0.194. The molecule has 0 radical (unpaired) electrons. The quantitative estimate of drug-likeness (QED) is 0.757. The first kappa shape index (κ1) is 17.4. The van der Waals surface area contributed by atoms with E-state index in [4.69, 9.17) is 9.47 Å². The maximum Gasteiger partial charge on any atom is 0.121 e. The molecule has 0 bridgehead atoms. The third-order valence-corrected chi connectivity index (χ3v) is 3.71. The highest BCUT2D eigenvalue weighted by Crippen LogP contribution is 2.23. The number of hydrogen-bond acceptors (Lipinski definition) is 3. The lowest BCUT2D eigenvalue weighted by Crippen LogP contribution is -2.11. The Hall–Kier alpha value is -2.00. The number of rotatable bonds is 7. The number of anilines is 1. The van der Waals surface area contributed by atoms with E-state index in [-0.39, 0.29) is 5.41 Å². The van der Waals surface area contributed by atoms with Gasteiger partial charge < -0.3 is 14.8 Å². The topological polar surface area (TPSA) is 30.5 Å². The van der Waals surface area contributed by atoms with E-state index in [0.717, 1.165) is 18.0 Å². The SMILES string of the molecule is COCCOc1cccc(NCc2ccc(C(C)(C)C)cc2)c1. The van der Waals surface area contributed by atoms with Crippen molar-refractivity contribution in [3.05, 3.63) is 59.7 Å². The second-order valence-corrected chi connectivity index (χ2v) is 6.67. The Morgan fingerprint density at radius 2 is 1.70 bits per heavy atom. The van der Waals surface area contributed by atoms with E-state index in [1.807, 2.05) is 24.3 Å². The monoisotopic (exact) mass is 313 g/mol. The molecular weight excluding hydrogens is 286 g/mol. The van der Waals surface area contributed by atoms with E-state index < -0.39 is 0 Å². The highest BCUT2D eigenvalue weighted by molar-refractivity contribution is 5.48. The van der Waals surface area contributed by atoms with Crippen molar-refractivity contribution >= 4 is 5.69 Å². The molecule has 0 aliphatic heterocycles. The summed E-state index contributed by atoms with van der Waals surface area (Å²) in [5.41, 5.74) is 3.87. The Labute approximate surface area is 139 Å². The van der Waals surface area contributed by atoms with Gasteiger partial charge in [-0.25, -0.2) is 0 Å². The Balaban J connectivity index is 1.91. The molecule has 0 saturated heterocycles. The molecule has 23 heavy (non-hydrogen) atoms. The predicted molar refractivity (Wildman–Crippen MR) is 96.3 cm³/mol. The summed E-state index contributed by atoms with van der Waals surface area (Å²) in [6.07, 6.45) is 0. The van der Waals surface area contributed by atoms with Gasteiger partial charge in [-0.2, -0.15) is 0 Å². The summed E-state index contributed by atoms with van der Waals surface area (Å²) in [4.78, 5) is 0. The molecule has 0 saturated carbocycles. The second kappa shape index (κ2) is 8.02. The van der Waals surface area contributed by atoms with Crippen LogP contribution < -0.4 is 10.1 Å². The number of methoxy groups -OCH3 is 1. The molecular formula is C20H27NO2. The average molecular weight is 313 g/mol. The van der Waals surface area contributed by atoms with E-state index in [0.29, 0.717) is 13.2 Å². The van der Waals surface area contributed by atoms with Crippen molar-refractivity contribution in [3.63, 3.8) is 0 Å². The van der Waals surface area contributed by atoms with Gasteiger partial charge in [0, 0.05) is 25.4 Å². The van der Waals surface area contributed by atoms with Gasteiger partial charge in [0.15, 0.2) is 0 Å². The van der Waals surface area contributed by atoms with E-state index in [1.54, 1.807) is 7.11 Å². The molecule has 0 heterocycles. The van der Waals surface area contributed by atoms with Crippen LogP contribution in [0.2, 0.25) is 0 Å². The molecule has 0 aliphatic carbocycles. The van der Waals surface area contributed by atoms with Gasteiger partial charge in [0.2, 0.25) is 0 Å². The standard InChI is InChI=1S/C20H27NO2/c1-20(2,3)17-10-8-16(9-11-17)15-21-18-6-5-7-19(14-18)23-13-12-22-4/h5-11,14,21H,12-13,15H2,1-4H3. The van der Waals surface area contributed by atoms with Crippen LogP contribution in [0.5, 0.6) is 5.75 Å². The van der Waals surface area contributed by atoms with E-state index in [9.17, 15) is 0 Å². The fourth-order valence-corrected chi connectivity index (χ4v) is 2.27. The molecule has 0 amide bonds. The zero-order chi connectivity index (χ0) is 16.7. The molecule has 0 aliphatic rings. The molecule has 124 valence electrons. The van der Waals surface area contributed by atoms with Gasteiger partial charge in [0.25, 0.3) is 0 Å². The van der Waals surface area contributed by atoms with Gasteiger partial charge in [0.1, 0.15) is 12.4 Å². The van der Waals surface area contributed by atoms with Crippen molar-refractivity contribution in [2.24, 2.45) is 0 Å². The Morgan fingerprint density at radius 3 is 2.35 bits per heavy atom. The Kier molecular flexibility index (Phi) is 6.05. The molecule has 0 unspecified atom stereocenters. The van der Waals surface area contributed by atoms with E-state index in [1.165, 1.54) is 11.1 Å². The van der Waals surface area contributed by atoms with Crippen LogP contribution in [0.15, 0.2) is 48.5 Å². The van der Waals surface area contributed by atoms with Crippen LogP contribution in [-0.2, 0) is 16.7 Å². The molecule has 0 spiro atoms. The third-order valence-electron chi connectivity index (χ3n) is 3.71. The van der Waals surface area contributed by atoms with E-state index in [2.05, 4.69) is 50.4 Å². The van der Waals surface area contributed by atoms with Crippen LogP contribution in [0.25, 0.3) is 0 Å². The molecule has 0 aromatic heterocycles. The van der Waals surface area contributed by atoms with Crippen molar-refractivity contribution in [1.29, 1.82) is 0 Å². The molecule has 1 N–H and O–H groups in total. The van der Waals surface area contributed by atoms with Crippen LogP contribution in [0, 0.1) is 0 Å². The maximum atomic E-state index is 5.63. The highest BCUT2D eigenvalue weighted by atomic mass is 16.5. The van der Waals surface area contributed by atoms with Gasteiger partial charge in [0.05, 0.1) is 6.61 Å². The Morgan fingerprint density at radius 1 is 0.957 bits per heavy atom. The number of ether oxygens (including phenoxy) is 2. The molecule has 0 fully saturated rings. The molecule has 2 aromatic rings. The van der Waals surface area contributed by atoms with Crippen molar-refractivity contribution in [1.82, 2.24) is 0 Å². The first-order valence-corrected chi connectivity index (χ1v) is 8.04. The van der Waals surface area contributed by atoms with Gasteiger partial charge in [-0.15, -0.1) is 0 Å². The number of hydrogen-bond donors (Lipinski definition) is 1. The summed E-state index contributed by atoms with van der Waals surface area (Å²) in [6.45, 7) is 8.65. The largest absolute Gasteiger partial charge is 0.491 e. The van der Waals surface area contributed by atoms with Crippen LogP contribution >= 0.6 is 0 Å². The molecule has 3 nitrogen and oxygen atoms in total. The van der Waals surface area contributed by atoms with Crippen molar-refractivity contribution in [2.45, 2.75) is 32.7 Å². The zero-order valence-corrected chi connectivity index (χ0v) is 14.6. The molecule has 2 aromatic carbocycles. The first-order chi connectivity index (χ1) is 11.0. The zero-order valence-electron chi connectivity index (χ0n) is 14.6. The lowest BCUT2D eigenvalue weighted by Gasteiger charge is -2.19. The lowest BCUT2D eigenvalue weighted by atomic mass is 9.87. The van der Waals surface area contributed by atoms with Gasteiger partial charge in [-0.1, -0.05) is 51.1 Å². The third kappa shape index (κ3) is 5.61. The predicted octanol–water partition coefficient (Wildman–Crippen LogP) is 4.62. The first-order valence-electron chi connectivity index (χ1n) is 8.04. The van der Waals surface area contributed by atoms with Crippen LogP contribution in [0.1, 0.15) is 31.9 Å². The number of benzene rings is 2.